The summed E-state index contributed by atoms with van der Waals surface area (Å²) in [4.78, 5) is 15.0. The summed E-state index contributed by atoms with van der Waals surface area (Å²) >= 11 is 3.48. The fourth-order valence-corrected chi connectivity index (χ4v) is 8.42. The number of hydrogen-bond acceptors (Lipinski definition) is 8. The van der Waals surface area contributed by atoms with Crippen molar-refractivity contribution in [2.24, 2.45) is 0 Å². The van der Waals surface area contributed by atoms with Crippen LogP contribution in [-0.2, 0) is 30.5 Å². The standard InChI is InChI=1S/C41H45BrN2O8/c1-24(41(45)46)44(3)16-14-27-20-34(48-5)36-22-30(27)32(44)18-25-7-10-29(11-8-25)51-35-19-26(9-12-33(35)47-4)17-31-38-28(13-15-43(31)2)21-37(49-6)39(50-23-42)40(38)52-36/h7-12,19-22,24,31-32H,13-18,23H2,1-6H3/p+1. The minimum Gasteiger partial charge on any atom is -0.493 e. The van der Waals surface area contributed by atoms with Gasteiger partial charge in [0.1, 0.15) is 17.3 Å². The molecule has 0 saturated heterocycles. The predicted octanol–water partition coefficient (Wildman–Crippen LogP) is 7.87. The zero-order valence-electron chi connectivity index (χ0n) is 30.5. The normalized spacial score (nSPS) is 21.4. The molecule has 4 aromatic carbocycles. The molecule has 0 radical (unpaired) electrons. The number of benzene rings is 4. The predicted molar refractivity (Wildman–Crippen MR) is 201 cm³/mol. The molecule has 0 saturated carbocycles. The van der Waals surface area contributed by atoms with Crippen molar-refractivity contribution in [3.05, 3.63) is 94.0 Å². The number of aliphatic carboxylic acids is 1. The third-order valence-electron chi connectivity index (χ3n) is 11.4. The molecule has 0 aliphatic carbocycles. The second-order valence-electron chi connectivity index (χ2n) is 14.1. The van der Waals surface area contributed by atoms with Crippen molar-refractivity contribution < 1.29 is 42.8 Å². The monoisotopic (exact) mass is 773 g/mol. The molecule has 0 spiro atoms. The van der Waals surface area contributed by atoms with Gasteiger partial charge in [-0.25, -0.2) is 4.79 Å². The second-order valence-corrected chi connectivity index (χ2v) is 14.6. The van der Waals surface area contributed by atoms with Gasteiger partial charge in [-0.1, -0.05) is 18.2 Å². The van der Waals surface area contributed by atoms with Crippen molar-refractivity contribution in [3.63, 3.8) is 0 Å². The Morgan fingerprint density at radius 1 is 0.904 bits per heavy atom. The van der Waals surface area contributed by atoms with E-state index in [1.807, 2.05) is 24.3 Å². The third-order valence-corrected chi connectivity index (χ3v) is 11.6. The number of hydrogen-bond donors (Lipinski definition) is 1. The zero-order valence-corrected chi connectivity index (χ0v) is 32.1. The van der Waals surface area contributed by atoms with Gasteiger partial charge in [0.2, 0.25) is 5.75 Å². The summed E-state index contributed by atoms with van der Waals surface area (Å²) in [5.41, 5.74) is 6.64. The molecule has 4 aromatic rings. The number of fused-ring (bicyclic) bond motifs is 2. The number of carbonyl (C=O) groups is 1. The van der Waals surface area contributed by atoms with E-state index in [1.54, 1.807) is 28.3 Å². The smallest absolute Gasteiger partial charge is 0.362 e. The lowest BCUT2D eigenvalue weighted by Gasteiger charge is -2.48. The lowest BCUT2D eigenvalue weighted by atomic mass is 9.85. The molecule has 52 heavy (non-hydrogen) atoms. The van der Waals surface area contributed by atoms with Crippen molar-refractivity contribution in [2.45, 2.75) is 50.7 Å². The zero-order chi connectivity index (χ0) is 36.7. The fourth-order valence-electron chi connectivity index (χ4n) is 8.19. The van der Waals surface area contributed by atoms with E-state index in [1.165, 1.54) is 0 Å². The highest BCUT2D eigenvalue weighted by Crippen LogP contribution is 2.52. The summed E-state index contributed by atoms with van der Waals surface area (Å²) in [6, 6.07) is 19.4. The van der Waals surface area contributed by atoms with Gasteiger partial charge >= 0.3 is 5.97 Å². The fraction of sp³-hybridized carbons (Fsp3) is 0.390. The Kier molecular flexibility index (Phi) is 10.0. The van der Waals surface area contributed by atoms with E-state index in [9.17, 15) is 9.90 Å². The molecule has 8 rings (SSSR count). The molecule has 0 fully saturated rings. The molecule has 4 aliphatic rings. The van der Waals surface area contributed by atoms with E-state index in [0.29, 0.717) is 76.3 Å². The Morgan fingerprint density at radius 2 is 1.60 bits per heavy atom. The highest BCUT2D eigenvalue weighted by atomic mass is 79.9. The third kappa shape index (κ3) is 6.43. The molecule has 0 aromatic heterocycles. The van der Waals surface area contributed by atoms with E-state index >= 15 is 0 Å². The first-order valence-electron chi connectivity index (χ1n) is 17.6. The van der Waals surface area contributed by atoms with E-state index < -0.39 is 12.0 Å². The maximum atomic E-state index is 12.6. The number of alkyl halides is 1. The van der Waals surface area contributed by atoms with E-state index in [4.69, 9.17) is 28.4 Å². The maximum absolute atomic E-state index is 12.6. The van der Waals surface area contributed by atoms with Crippen molar-refractivity contribution in [1.82, 2.24) is 4.90 Å². The molecule has 1 N–H and O–H groups in total. The van der Waals surface area contributed by atoms with Gasteiger partial charge in [-0.2, -0.15) is 0 Å². The summed E-state index contributed by atoms with van der Waals surface area (Å²) < 4.78 is 37.9. The molecule has 4 unspecified atom stereocenters. The number of carboxylic acid groups (broad SMARTS) is 1. The minimum atomic E-state index is -0.829. The Morgan fingerprint density at radius 3 is 2.29 bits per heavy atom. The van der Waals surface area contributed by atoms with Crippen LogP contribution in [0.25, 0.3) is 0 Å². The van der Waals surface area contributed by atoms with Gasteiger partial charge in [-0.3, -0.25) is 4.90 Å². The Hall–Kier alpha value is -4.45. The summed E-state index contributed by atoms with van der Waals surface area (Å²) in [5, 5.41) is 10.4. The molecule has 4 atom stereocenters. The van der Waals surface area contributed by atoms with Crippen LogP contribution in [0.15, 0.2) is 60.7 Å². The minimum absolute atomic E-state index is 0.0884. The van der Waals surface area contributed by atoms with E-state index in [-0.39, 0.29) is 17.6 Å². The van der Waals surface area contributed by atoms with Crippen LogP contribution in [0.3, 0.4) is 0 Å². The van der Waals surface area contributed by atoms with Crippen LogP contribution in [-0.4, -0.2) is 80.5 Å². The number of quaternary nitrogens is 1. The van der Waals surface area contributed by atoms with Crippen LogP contribution in [0.5, 0.6) is 46.0 Å². The molecule has 4 aliphatic heterocycles. The number of rotatable bonds is 7. The quantitative estimate of drug-likeness (QED) is 0.149. The van der Waals surface area contributed by atoms with Gasteiger partial charge in [0, 0.05) is 36.6 Å². The largest absolute Gasteiger partial charge is 0.493 e. The number of likely N-dealkylation sites (N-methyl/N-ethyl adjacent to an activating group) is 2. The van der Waals surface area contributed by atoms with Gasteiger partial charge in [0.05, 0.1) is 34.9 Å². The van der Waals surface area contributed by atoms with Crippen molar-refractivity contribution in [2.75, 3.05) is 54.0 Å². The first kappa shape index (κ1) is 35.9. The number of halogens is 1. The number of methoxy groups -OCH3 is 3. The molecule has 11 heteroatoms. The molecule has 4 heterocycles. The molecular formula is C41H46BrN2O8+. The molecule has 6 bridgehead atoms. The summed E-state index contributed by atoms with van der Waals surface area (Å²) in [7, 11) is 9.12. The summed E-state index contributed by atoms with van der Waals surface area (Å²) in [6.45, 7) is 3.31. The Labute approximate surface area is 313 Å². The van der Waals surface area contributed by atoms with Crippen LogP contribution in [0.2, 0.25) is 0 Å². The highest BCUT2D eigenvalue weighted by Gasteiger charge is 2.46. The number of ether oxygens (including phenoxy) is 6. The van der Waals surface area contributed by atoms with E-state index in [2.05, 4.69) is 71.3 Å². The molecule has 10 nitrogen and oxygen atoms in total. The molecule has 0 amide bonds. The lowest BCUT2D eigenvalue weighted by molar-refractivity contribution is -0.954. The molecule has 274 valence electrons. The van der Waals surface area contributed by atoms with E-state index in [0.717, 1.165) is 46.3 Å². The maximum Gasteiger partial charge on any atom is 0.362 e. The van der Waals surface area contributed by atoms with Crippen molar-refractivity contribution in [1.29, 1.82) is 0 Å². The lowest BCUT2D eigenvalue weighted by Crippen LogP contribution is -2.59. The first-order valence-corrected chi connectivity index (χ1v) is 18.7. The number of carboxylic acids is 1. The SMILES string of the molecule is COc1ccc2cc1Oc1ccc(cc1)CC1c3cc(c(OC)cc3CC[N+]1(C)C(C)C(=O)O)Oc1c(OCBr)c(OC)cc3c1C(C2)N(C)CC3. The first-order chi connectivity index (χ1) is 25.1. The highest BCUT2D eigenvalue weighted by molar-refractivity contribution is 9.09. The van der Waals surface area contributed by atoms with Gasteiger partial charge in [0.25, 0.3) is 0 Å². The van der Waals surface area contributed by atoms with Gasteiger partial charge in [-0.05, 0) is 107 Å². The van der Waals surface area contributed by atoms with Crippen LogP contribution < -0.4 is 28.4 Å². The summed E-state index contributed by atoms with van der Waals surface area (Å²) in [5.74, 6) is 3.87. The molecular weight excluding hydrogens is 728 g/mol. The Balaban J connectivity index is 1.50. The van der Waals surface area contributed by atoms with Crippen LogP contribution >= 0.6 is 15.9 Å². The van der Waals surface area contributed by atoms with Gasteiger partial charge in [-0.15, -0.1) is 0 Å². The number of nitrogens with zero attached hydrogens (tertiary/aromatic N) is 2. The van der Waals surface area contributed by atoms with Gasteiger partial charge < -0.3 is 38.0 Å². The van der Waals surface area contributed by atoms with Crippen LogP contribution in [0, 0.1) is 0 Å². The topological polar surface area (TPSA) is 95.9 Å². The van der Waals surface area contributed by atoms with Crippen LogP contribution in [0.1, 0.15) is 52.4 Å². The van der Waals surface area contributed by atoms with Crippen molar-refractivity contribution >= 4 is 21.9 Å². The van der Waals surface area contributed by atoms with Crippen LogP contribution in [0.4, 0.5) is 0 Å². The Bertz CT molecular complexity index is 1990. The van der Waals surface area contributed by atoms with Gasteiger partial charge in [0.15, 0.2) is 40.5 Å². The second kappa shape index (κ2) is 14.5. The summed E-state index contributed by atoms with van der Waals surface area (Å²) in [6.07, 6.45) is 2.75. The average molecular weight is 775 g/mol. The average Bonchev–Trinajstić information content (AvgIpc) is 3.14. The van der Waals surface area contributed by atoms with Crippen molar-refractivity contribution in [3.8, 4) is 46.0 Å².